The molecule has 3 aromatic rings. The lowest BCUT2D eigenvalue weighted by molar-refractivity contribution is 0.0527. The molecule has 0 bridgehead atoms. The number of aryl methyl sites for hydroxylation is 1. The highest BCUT2D eigenvalue weighted by Crippen LogP contribution is 2.38. The first-order valence-corrected chi connectivity index (χ1v) is 10.2. The highest BCUT2D eigenvalue weighted by molar-refractivity contribution is 9.10. The number of hydrogen-bond donors (Lipinski definition) is 1. The van der Waals surface area contributed by atoms with Crippen molar-refractivity contribution in [1.29, 1.82) is 0 Å². The van der Waals surface area contributed by atoms with Crippen LogP contribution in [0.4, 0.5) is 15.8 Å². The maximum atomic E-state index is 13.8. The third-order valence-corrected chi connectivity index (χ3v) is 5.16. The van der Waals surface area contributed by atoms with Crippen LogP contribution in [-0.2, 0) is 4.74 Å². The molecule has 29 heavy (non-hydrogen) atoms. The summed E-state index contributed by atoms with van der Waals surface area (Å²) in [5.74, 6) is -0.294. The van der Waals surface area contributed by atoms with E-state index in [2.05, 4.69) is 26.2 Å². The first kappa shape index (κ1) is 21.3. The number of ether oxygens (including phenoxy) is 2. The van der Waals surface area contributed by atoms with Crippen molar-refractivity contribution in [2.75, 3.05) is 18.5 Å². The zero-order chi connectivity index (χ0) is 21.1. The smallest absolute Gasteiger partial charge is 0.341 e. The van der Waals surface area contributed by atoms with Gasteiger partial charge in [-0.05, 0) is 60.5 Å². The van der Waals surface area contributed by atoms with Crippen molar-refractivity contribution in [3.05, 3.63) is 56.9 Å². The van der Waals surface area contributed by atoms with E-state index < -0.39 is 11.8 Å². The fourth-order valence-electron chi connectivity index (χ4n) is 2.85. The Morgan fingerprint density at radius 1 is 1.24 bits per heavy atom. The number of anilines is 2. The van der Waals surface area contributed by atoms with Crippen LogP contribution in [0.3, 0.4) is 0 Å². The van der Waals surface area contributed by atoms with Crippen molar-refractivity contribution < 1.29 is 18.7 Å². The molecule has 0 unspecified atom stereocenters. The van der Waals surface area contributed by atoms with Crippen LogP contribution in [0.25, 0.3) is 10.9 Å². The molecular weight excluding hydrogens is 463 g/mol. The van der Waals surface area contributed by atoms with Crippen LogP contribution < -0.4 is 10.1 Å². The molecule has 0 aliphatic heterocycles. The van der Waals surface area contributed by atoms with E-state index in [4.69, 9.17) is 21.1 Å². The molecule has 1 aromatic heterocycles. The van der Waals surface area contributed by atoms with E-state index in [1.165, 1.54) is 12.3 Å². The summed E-state index contributed by atoms with van der Waals surface area (Å²) in [6.45, 7) is 5.98. The molecule has 2 aromatic carbocycles. The van der Waals surface area contributed by atoms with Gasteiger partial charge in [0.05, 0.1) is 39.6 Å². The molecule has 152 valence electrons. The maximum absolute atomic E-state index is 13.8. The van der Waals surface area contributed by atoms with Crippen molar-refractivity contribution in [2.45, 2.75) is 20.8 Å². The van der Waals surface area contributed by atoms with Crippen LogP contribution in [0.15, 0.2) is 34.9 Å². The van der Waals surface area contributed by atoms with Gasteiger partial charge in [0.25, 0.3) is 0 Å². The summed E-state index contributed by atoms with van der Waals surface area (Å²) in [5, 5.41) is 4.02. The summed E-state index contributed by atoms with van der Waals surface area (Å²) in [4.78, 5) is 16.9. The van der Waals surface area contributed by atoms with Gasteiger partial charge in [-0.2, -0.15) is 0 Å². The Morgan fingerprint density at radius 3 is 2.69 bits per heavy atom. The first-order chi connectivity index (χ1) is 13.8. The number of hydrogen-bond acceptors (Lipinski definition) is 5. The predicted molar refractivity (Wildman–Crippen MR) is 116 cm³/mol. The lowest BCUT2D eigenvalue weighted by Gasteiger charge is -2.17. The number of rotatable bonds is 6. The molecule has 0 spiro atoms. The molecule has 5 nitrogen and oxygen atoms in total. The molecule has 0 atom stereocenters. The number of fused-ring (bicyclic) bond motifs is 1. The topological polar surface area (TPSA) is 60.5 Å². The molecular formula is C21H19BrClFN2O3. The molecule has 3 rings (SSSR count). The monoisotopic (exact) mass is 480 g/mol. The molecule has 0 amide bonds. The van der Waals surface area contributed by atoms with Crippen LogP contribution >= 0.6 is 27.5 Å². The van der Waals surface area contributed by atoms with Gasteiger partial charge in [-0.25, -0.2) is 9.18 Å². The molecule has 1 N–H and O–H groups in total. The molecule has 0 aliphatic carbocycles. The number of halogens is 3. The Bertz CT molecular complexity index is 1090. The summed E-state index contributed by atoms with van der Waals surface area (Å²) in [5.41, 5.74) is 2.21. The predicted octanol–water partition coefficient (Wildman–Crippen LogP) is 6.42. The standard InChI is InChI=1S/C21H19BrClFN2O3/c1-4-28-19-9-17-12(7-14(19)22)20(13(10-25-17)21(27)29-5-2)26-18-6-11(3)16(24)8-15(18)23/h6-10H,4-5H2,1-3H3,(H,25,26). The van der Waals surface area contributed by atoms with E-state index in [0.717, 1.165) is 0 Å². The van der Waals surface area contributed by atoms with Gasteiger partial charge in [-0.15, -0.1) is 0 Å². The zero-order valence-corrected chi connectivity index (χ0v) is 18.4. The van der Waals surface area contributed by atoms with Gasteiger partial charge < -0.3 is 14.8 Å². The lowest BCUT2D eigenvalue weighted by atomic mass is 10.1. The summed E-state index contributed by atoms with van der Waals surface area (Å²) in [7, 11) is 0. The van der Waals surface area contributed by atoms with Crippen LogP contribution in [-0.4, -0.2) is 24.2 Å². The van der Waals surface area contributed by atoms with E-state index in [1.807, 2.05) is 13.0 Å². The molecule has 0 radical (unpaired) electrons. The van der Waals surface area contributed by atoms with Gasteiger partial charge >= 0.3 is 5.97 Å². The number of aromatic nitrogens is 1. The zero-order valence-electron chi connectivity index (χ0n) is 16.1. The third-order valence-electron chi connectivity index (χ3n) is 4.22. The largest absolute Gasteiger partial charge is 0.493 e. The number of pyridine rings is 1. The quantitative estimate of drug-likeness (QED) is 0.412. The van der Waals surface area contributed by atoms with Crippen LogP contribution in [0, 0.1) is 12.7 Å². The second-order valence-electron chi connectivity index (χ2n) is 6.21. The van der Waals surface area contributed by atoms with Gasteiger partial charge in [0.1, 0.15) is 17.1 Å². The number of carbonyl (C=O) groups excluding carboxylic acids is 1. The van der Waals surface area contributed by atoms with Gasteiger partial charge in [0.2, 0.25) is 0 Å². The van der Waals surface area contributed by atoms with Crippen LogP contribution in [0.2, 0.25) is 5.02 Å². The number of nitrogens with one attached hydrogen (secondary N) is 1. The van der Waals surface area contributed by atoms with E-state index in [0.29, 0.717) is 44.7 Å². The first-order valence-electron chi connectivity index (χ1n) is 9.00. The maximum Gasteiger partial charge on any atom is 0.341 e. The molecule has 0 saturated heterocycles. The van der Waals surface area contributed by atoms with E-state index in [9.17, 15) is 9.18 Å². The van der Waals surface area contributed by atoms with Gasteiger partial charge in [0, 0.05) is 17.6 Å². The number of nitrogens with zero attached hydrogens (tertiary/aromatic N) is 1. The molecule has 1 heterocycles. The van der Waals surface area contributed by atoms with Crippen molar-refractivity contribution in [1.82, 2.24) is 4.98 Å². The lowest BCUT2D eigenvalue weighted by Crippen LogP contribution is -2.10. The summed E-state index contributed by atoms with van der Waals surface area (Å²) >= 11 is 9.72. The fraction of sp³-hybridized carbons (Fsp3) is 0.238. The van der Waals surface area contributed by atoms with Crippen molar-refractivity contribution in [3.8, 4) is 5.75 Å². The van der Waals surface area contributed by atoms with E-state index in [1.54, 1.807) is 26.0 Å². The second-order valence-corrected chi connectivity index (χ2v) is 7.47. The Morgan fingerprint density at radius 2 is 2.00 bits per heavy atom. The van der Waals surface area contributed by atoms with Crippen molar-refractivity contribution in [3.63, 3.8) is 0 Å². The minimum atomic E-state index is -0.524. The second kappa shape index (κ2) is 8.97. The van der Waals surface area contributed by atoms with E-state index in [-0.39, 0.29) is 17.2 Å². The summed E-state index contributed by atoms with van der Waals surface area (Å²) in [6.07, 6.45) is 1.44. The third kappa shape index (κ3) is 4.46. The Hall–Kier alpha value is -2.38. The SMILES string of the molecule is CCOC(=O)c1cnc2cc(OCC)c(Br)cc2c1Nc1cc(C)c(F)cc1Cl. The minimum absolute atomic E-state index is 0.192. The summed E-state index contributed by atoms with van der Waals surface area (Å²) in [6, 6.07) is 6.40. The summed E-state index contributed by atoms with van der Waals surface area (Å²) < 4.78 is 25.3. The van der Waals surface area contributed by atoms with Crippen molar-refractivity contribution >= 4 is 55.8 Å². The number of esters is 1. The molecule has 0 saturated carbocycles. The normalized spacial score (nSPS) is 10.8. The molecule has 0 aliphatic rings. The van der Waals surface area contributed by atoms with Crippen molar-refractivity contribution in [2.24, 2.45) is 0 Å². The van der Waals surface area contributed by atoms with Gasteiger partial charge in [-0.3, -0.25) is 4.98 Å². The highest BCUT2D eigenvalue weighted by Gasteiger charge is 2.20. The van der Waals surface area contributed by atoms with Crippen LogP contribution in [0.1, 0.15) is 29.8 Å². The van der Waals surface area contributed by atoms with Gasteiger partial charge in [-0.1, -0.05) is 11.6 Å². The Balaban J connectivity index is 2.22. The van der Waals surface area contributed by atoms with Crippen LogP contribution in [0.5, 0.6) is 5.75 Å². The Kier molecular flexibility index (Phi) is 6.59. The fourth-order valence-corrected chi connectivity index (χ4v) is 3.50. The Labute approximate surface area is 181 Å². The number of carbonyl (C=O) groups is 1. The average molecular weight is 482 g/mol. The minimum Gasteiger partial charge on any atom is -0.493 e. The van der Waals surface area contributed by atoms with Gasteiger partial charge in [0.15, 0.2) is 0 Å². The molecule has 8 heteroatoms. The van der Waals surface area contributed by atoms with E-state index >= 15 is 0 Å². The average Bonchev–Trinajstić information content (AvgIpc) is 2.67. The number of benzene rings is 2. The highest BCUT2D eigenvalue weighted by atomic mass is 79.9. The molecule has 0 fully saturated rings.